The van der Waals surface area contributed by atoms with Crippen LogP contribution in [-0.2, 0) is 4.79 Å². The highest BCUT2D eigenvalue weighted by Gasteiger charge is 2.11. The predicted molar refractivity (Wildman–Crippen MR) is 133 cm³/mol. The first kappa shape index (κ1) is 22.0. The van der Waals surface area contributed by atoms with E-state index in [2.05, 4.69) is 51.5 Å². The average Bonchev–Trinajstić information content (AvgIpc) is 3.18. The third-order valence-electron chi connectivity index (χ3n) is 4.84. The third kappa shape index (κ3) is 5.33. The Bertz CT molecular complexity index is 1300. The summed E-state index contributed by atoms with van der Waals surface area (Å²) in [6, 6.07) is 18.8. The predicted octanol–water partition coefficient (Wildman–Crippen LogP) is 5.77. The lowest BCUT2D eigenvalue weighted by molar-refractivity contribution is -0.121. The number of carbonyl (C=O) groups excluding carboxylic acids is 1. The highest BCUT2D eigenvalue weighted by Crippen LogP contribution is 2.27. The molecule has 4 rings (SSSR count). The molecule has 0 aliphatic heterocycles. The first-order valence-electron chi connectivity index (χ1n) is 9.85. The molecule has 0 unspecified atom stereocenters. The normalized spacial score (nSPS) is 10.7. The van der Waals surface area contributed by atoms with E-state index in [1.54, 1.807) is 12.1 Å². The molecule has 1 heterocycles. The molecule has 8 heteroatoms. The number of benzene rings is 3. The van der Waals surface area contributed by atoms with E-state index in [1.165, 1.54) is 11.1 Å². The Morgan fingerprint density at radius 3 is 2.59 bits per heavy atom. The van der Waals surface area contributed by atoms with Crippen LogP contribution in [0.4, 0.5) is 5.69 Å². The molecule has 3 aromatic carbocycles. The van der Waals surface area contributed by atoms with Crippen molar-refractivity contribution >= 4 is 56.0 Å². The molecule has 0 aliphatic rings. The van der Waals surface area contributed by atoms with Gasteiger partial charge in [-0.05, 0) is 91.8 Å². The van der Waals surface area contributed by atoms with E-state index in [-0.39, 0.29) is 17.6 Å². The van der Waals surface area contributed by atoms with Gasteiger partial charge in [0, 0.05) is 15.7 Å². The van der Waals surface area contributed by atoms with Crippen LogP contribution in [0, 0.1) is 13.8 Å². The van der Waals surface area contributed by atoms with Crippen LogP contribution >= 0.6 is 28.1 Å². The molecule has 0 radical (unpaired) electrons. The summed E-state index contributed by atoms with van der Waals surface area (Å²) in [7, 11) is 0. The second-order valence-corrected chi connectivity index (χ2v) is 8.57. The van der Waals surface area contributed by atoms with E-state index in [9.17, 15) is 4.79 Å². The molecule has 2 N–H and O–H groups in total. The molecule has 0 aliphatic carbocycles. The fourth-order valence-corrected chi connectivity index (χ4v) is 3.50. The van der Waals surface area contributed by atoms with Crippen LogP contribution < -0.4 is 15.4 Å². The van der Waals surface area contributed by atoms with Crippen LogP contribution in [0.1, 0.15) is 11.1 Å². The van der Waals surface area contributed by atoms with Crippen LogP contribution in [0.15, 0.2) is 69.6 Å². The number of ether oxygens (including phenoxy) is 1. The van der Waals surface area contributed by atoms with Crippen LogP contribution in [0.5, 0.6) is 5.75 Å². The number of nitrogens with zero attached hydrogens (tertiary/aromatic N) is 1. The molecule has 162 valence electrons. The number of fused-ring (bicyclic) bond motifs is 1. The molecule has 0 saturated heterocycles. The molecule has 1 amide bonds. The molecule has 6 nitrogen and oxygen atoms in total. The topological polar surface area (TPSA) is 76.4 Å². The molecular weight excluding hydrogens is 490 g/mol. The first-order valence-corrected chi connectivity index (χ1v) is 11.0. The van der Waals surface area contributed by atoms with Gasteiger partial charge in [-0.1, -0.05) is 22.0 Å². The summed E-state index contributed by atoms with van der Waals surface area (Å²) in [5.41, 5.74) is 5.37. The van der Waals surface area contributed by atoms with E-state index in [0.717, 1.165) is 10.0 Å². The monoisotopic (exact) mass is 509 g/mol. The Hall–Kier alpha value is -3.23. The maximum absolute atomic E-state index is 12.1. The maximum atomic E-state index is 12.1. The van der Waals surface area contributed by atoms with Crippen molar-refractivity contribution < 1.29 is 13.9 Å². The number of rotatable bonds is 5. The average molecular weight is 510 g/mol. The number of hydrogen-bond donors (Lipinski definition) is 2. The van der Waals surface area contributed by atoms with E-state index < -0.39 is 0 Å². The molecule has 0 bridgehead atoms. The van der Waals surface area contributed by atoms with Gasteiger partial charge in [0.05, 0.1) is 0 Å². The first-order chi connectivity index (χ1) is 15.4. The fourth-order valence-electron chi connectivity index (χ4n) is 3.01. The summed E-state index contributed by atoms with van der Waals surface area (Å²) in [6.07, 6.45) is 0. The zero-order valence-electron chi connectivity index (χ0n) is 17.4. The number of aromatic nitrogens is 1. The van der Waals surface area contributed by atoms with E-state index in [1.807, 2.05) is 42.5 Å². The number of hydrogen-bond acceptors (Lipinski definition) is 5. The summed E-state index contributed by atoms with van der Waals surface area (Å²) in [6.45, 7) is 3.98. The lowest BCUT2D eigenvalue weighted by atomic mass is 10.1. The van der Waals surface area contributed by atoms with Crippen LogP contribution in [0.2, 0.25) is 0 Å². The minimum atomic E-state index is -0.357. The smallest absolute Gasteiger partial charge is 0.264 e. The number of thiocarbonyl (C=S) groups is 1. The quantitative estimate of drug-likeness (QED) is 0.332. The van der Waals surface area contributed by atoms with Gasteiger partial charge in [0.1, 0.15) is 11.3 Å². The van der Waals surface area contributed by atoms with Crippen molar-refractivity contribution in [3.63, 3.8) is 0 Å². The summed E-state index contributed by atoms with van der Waals surface area (Å²) >= 11 is 8.60. The van der Waals surface area contributed by atoms with Gasteiger partial charge in [0.2, 0.25) is 5.89 Å². The number of nitrogens with one attached hydrogen (secondary N) is 2. The van der Waals surface area contributed by atoms with Gasteiger partial charge in [0.25, 0.3) is 5.91 Å². The van der Waals surface area contributed by atoms with E-state index in [4.69, 9.17) is 21.4 Å². The summed E-state index contributed by atoms with van der Waals surface area (Å²) < 4.78 is 12.3. The number of carbonyl (C=O) groups is 1. The third-order valence-corrected chi connectivity index (χ3v) is 5.57. The van der Waals surface area contributed by atoms with E-state index in [0.29, 0.717) is 28.4 Å². The number of amides is 1. The van der Waals surface area contributed by atoms with Gasteiger partial charge >= 0.3 is 0 Å². The van der Waals surface area contributed by atoms with Crippen LogP contribution in [0.25, 0.3) is 22.6 Å². The summed E-state index contributed by atoms with van der Waals surface area (Å²) in [5, 5.41) is 5.77. The number of halogens is 1. The fraction of sp³-hybridized carbons (Fsp3) is 0.125. The Morgan fingerprint density at radius 2 is 1.84 bits per heavy atom. The number of oxazole rings is 1. The van der Waals surface area contributed by atoms with E-state index >= 15 is 0 Å². The summed E-state index contributed by atoms with van der Waals surface area (Å²) in [5.74, 6) is 0.796. The lowest BCUT2D eigenvalue weighted by Crippen LogP contribution is -2.37. The van der Waals surface area contributed by atoms with Crippen molar-refractivity contribution in [1.82, 2.24) is 10.3 Å². The Morgan fingerprint density at radius 1 is 1.06 bits per heavy atom. The summed E-state index contributed by atoms with van der Waals surface area (Å²) in [4.78, 5) is 16.7. The molecule has 0 saturated carbocycles. The van der Waals surface area contributed by atoms with Gasteiger partial charge in [-0.2, -0.15) is 0 Å². The van der Waals surface area contributed by atoms with Crippen LogP contribution in [-0.4, -0.2) is 22.6 Å². The standard InChI is InChI=1S/C24H20BrN3O3S/c1-14-3-4-16(11-15(14)2)23-27-20-12-18(7-10-21(20)31-23)26-24(32)28-22(29)13-30-19-8-5-17(25)6-9-19/h3-12H,13H2,1-2H3,(H2,26,28,29,32). The van der Waals surface area contributed by atoms with Gasteiger partial charge in [-0.15, -0.1) is 0 Å². The van der Waals surface area contributed by atoms with Gasteiger partial charge < -0.3 is 14.5 Å². The molecule has 32 heavy (non-hydrogen) atoms. The molecule has 0 spiro atoms. The van der Waals surface area contributed by atoms with Gasteiger partial charge in [-0.25, -0.2) is 4.98 Å². The van der Waals surface area contributed by atoms with Crippen molar-refractivity contribution in [2.24, 2.45) is 0 Å². The number of anilines is 1. The minimum Gasteiger partial charge on any atom is -0.484 e. The van der Waals surface area contributed by atoms with Crippen LogP contribution in [0.3, 0.4) is 0 Å². The second-order valence-electron chi connectivity index (χ2n) is 7.25. The van der Waals surface area contributed by atoms with Crippen molar-refractivity contribution in [1.29, 1.82) is 0 Å². The minimum absolute atomic E-state index is 0.148. The van der Waals surface area contributed by atoms with Gasteiger partial charge in [-0.3, -0.25) is 10.1 Å². The zero-order chi connectivity index (χ0) is 22.7. The maximum Gasteiger partial charge on any atom is 0.264 e. The zero-order valence-corrected chi connectivity index (χ0v) is 19.8. The van der Waals surface area contributed by atoms with Crippen molar-refractivity contribution in [3.8, 4) is 17.2 Å². The van der Waals surface area contributed by atoms with Crippen molar-refractivity contribution in [2.75, 3.05) is 11.9 Å². The second kappa shape index (κ2) is 9.50. The SMILES string of the molecule is Cc1ccc(-c2nc3cc(NC(=S)NC(=O)COc4ccc(Br)cc4)ccc3o2)cc1C. The molecule has 4 aromatic rings. The molecule has 0 atom stereocenters. The van der Waals surface area contributed by atoms with Gasteiger partial charge in [0.15, 0.2) is 17.3 Å². The largest absolute Gasteiger partial charge is 0.484 e. The van der Waals surface area contributed by atoms with Crippen molar-refractivity contribution in [2.45, 2.75) is 13.8 Å². The number of aryl methyl sites for hydroxylation is 2. The Kier molecular flexibility index (Phi) is 6.53. The Balaban J connectivity index is 1.37. The highest BCUT2D eigenvalue weighted by molar-refractivity contribution is 9.10. The molecular formula is C24H20BrN3O3S. The Labute approximate surface area is 199 Å². The molecule has 1 aromatic heterocycles. The van der Waals surface area contributed by atoms with Crippen molar-refractivity contribution in [3.05, 3.63) is 76.3 Å². The lowest BCUT2D eigenvalue weighted by Gasteiger charge is -2.10. The molecule has 0 fully saturated rings. The highest BCUT2D eigenvalue weighted by atomic mass is 79.9.